The van der Waals surface area contributed by atoms with Gasteiger partial charge in [-0.05, 0) is 55.0 Å². The fourth-order valence-corrected chi connectivity index (χ4v) is 2.52. The molecule has 0 saturated heterocycles. The number of alkyl halides is 7. The van der Waals surface area contributed by atoms with Gasteiger partial charge in [0.1, 0.15) is 11.5 Å². The van der Waals surface area contributed by atoms with Crippen molar-refractivity contribution < 1.29 is 54.5 Å². The van der Waals surface area contributed by atoms with Gasteiger partial charge in [0.15, 0.2) is 0 Å². The lowest BCUT2D eigenvalue weighted by molar-refractivity contribution is -0.356. The molecular formula is C23H19F7O5. The molecule has 0 aliphatic carbocycles. The van der Waals surface area contributed by atoms with Gasteiger partial charge in [-0.25, -0.2) is 9.59 Å². The molecule has 0 amide bonds. The zero-order valence-corrected chi connectivity index (χ0v) is 18.1. The van der Waals surface area contributed by atoms with Crippen LogP contribution < -0.4 is 9.47 Å². The SMILES string of the molecule is CCOC(=O)/C=C/c1ccc(OC(=O)c2ccc(OCCC(F)(F)C(F)(F)C(F)(F)F)cc2)cc1. The van der Waals surface area contributed by atoms with Crippen molar-refractivity contribution in [2.45, 2.75) is 31.4 Å². The highest BCUT2D eigenvalue weighted by molar-refractivity contribution is 5.91. The van der Waals surface area contributed by atoms with Crippen LogP contribution >= 0.6 is 0 Å². The Bertz CT molecular complexity index is 1030. The molecule has 12 heteroatoms. The van der Waals surface area contributed by atoms with E-state index in [1.807, 2.05) is 0 Å². The fourth-order valence-electron chi connectivity index (χ4n) is 2.52. The zero-order valence-electron chi connectivity index (χ0n) is 18.1. The molecule has 2 rings (SSSR count). The molecule has 0 radical (unpaired) electrons. The average molecular weight is 508 g/mol. The van der Waals surface area contributed by atoms with Gasteiger partial charge < -0.3 is 14.2 Å². The van der Waals surface area contributed by atoms with E-state index in [1.165, 1.54) is 36.4 Å². The summed E-state index contributed by atoms with van der Waals surface area (Å²) in [4.78, 5) is 23.5. The summed E-state index contributed by atoms with van der Waals surface area (Å²) in [6, 6.07) is 10.8. The fraction of sp³-hybridized carbons (Fsp3) is 0.304. The summed E-state index contributed by atoms with van der Waals surface area (Å²) in [5.41, 5.74) is 0.662. The normalized spacial score (nSPS) is 12.5. The van der Waals surface area contributed by atoms with Crippen LogP contribution in [-0.4, -0.2) is 43.2 Å². The maximum absolute atomic E-state index is 13.3. The number of hydrogen-bond donors (Lipinski definition) is 0. The van der Waals surface area contributed by atoms with Crippen molar-refractivity contribution >= 4 is 18.0 Å². The Morgan fingerprint density at radius 2 is 1.43 bits per heavy atom. The van der Waals surface area contributed by atoms with Gasteiger partial charge in [0.05, 0.1) is 25.2 Å². The Balaban J connectivity index is 1.90. The van der Waals surface area contributed by atoms with Crippen LogP contribution in [0.5, 0.6) is 11.5 Å². The topological polar surface area (TPSA) is 61.8 Å². The number of carbonyl (C=O) groups excluding carboxylic acids is 2. The van der Waals surface area contributed by atoms with Crippen molar-refractivity contribution in [2.75, 3.05) is 13.2 Å². The summed E-state index contributed by atoms with van der Waals surface area (Å²) in [7, 11) is 0. The number of ether oxygens (including phenoxy) is 3. The van der Waals surface area contributed by atoms with Crippen LogP contribution in [0.4, 0.5) is 30.7 Å². The van der Waals surface area contributed by atoms with E-state index in [4.69, 9.17) is 14.2 Å². The first-order valence-electron chi connectivity index (χ1n) is 9.99. The van der Waals surface area contributed by atoms with Crippen LogP contribution in [0.15, 0.2) is 54.6 Å². The molecule has 0 aliphatic rings. The van der Waals surface area contributed by atoms with Crippen LogP contribution in [-0.2, 0) is 9.53 Å². The lowest BCUT2D eigenvalue weighted by Crippen LogP contribution is -2.52. The summed E-state index contributed by atoms with van der Waals surface area (Å²) in [6.45, 7) is 0.782. The molecule has 0 spiro atoms. The van der Waals surface area contributed by atoms with Gasteiger partial charge in [-0.1, -0.05) is 12.1 Å². The van der Waals surface area contributed by atoms with E-state index in [-0.39, 0.29) is 23.7 Å². The minimum absolute atomic E-state index is 0.0255. The molecule has 0 N–H and O–H groups in total. The van der Waals surface area contributed by atoms with E-state index < -0.39 is 43.0 Å². The van der Waals surface area contributed by atoms with Crippen LogP contribution in [0.2, 0.25) is 0 Å². The van der Waals surface area contributed by atoms with Crippen LogP contribution in [0.1, 0.15) is 29.3 Å². The third-order valence-corrected chi connectivity index (χ3v) is 4.38. The number of rotatable bonds is 10. The first kappa shape index (κ1) is 27.7. The minimum atomic E-state index is -6.40. The molecule has 2 aromatic carbocycles. The molecule has 0 aromatic heterocycles. The van der Waals surface area contributed by atoms with E-state index in [0.717, 1.165) is 12.1 Å². The highest BCUT2D eigenvalue weighted by Gasteiger charge is 2.72. The Labute approximate surface area is 195 Å². The van der Waals surface area contributed by atoms with E-state index >= 15 is 0 Å². The second-order valence-electron chi connectivity index (χ2n) is 6.94. The standard InChI is InChI=1S/C23H19F7O5/c1-2-33-19(31)12-5-15-3-8-18(9-4-15)35-20(32)16-6-10-17(11-7-16)34-14-13-21(24,25)22(26,27)23(28,29)30/h3-12H,2,13-14H2,1H3/b12-5+. The zero-order chi connectivity index (χ0) is 26.3. The molecule has 2 aromatic rings. The van der Waals surface area contributed by atoms with Gasteiger partial charge in [0, 0.05) is 6.08 Å². The summed E-state index contributed by atoms with van der Waals surface area (Å²) in [5, 5.41) is 0. The van der Waals surface area contributed by atoms with E-state index in [0.29, 0.717) is 5.56 Å². The van der Waals surface area contributed by atoms with E-state index in [1.54, 1.807) is 19.1 Å². The van der Waals surface area contributed by atoms with Gasteiger partial charge in [0.2, 0.25) is 0 Å². The highest BCUT2D eigenvalue weighted by atomic mass is 19.4. The molecule has 0 saturated carbocycles. The maximum atomic E-state index is 13.3. The largest absolute Gasteiger partial charge is 0.493 e. The summed E-state index contributed by atoms with van der Waals surface area (Å²) in [6.07, 6.45) is -5.55. The Morgan fingerprint density at radius 3 is 1.97 bits per heavy atom. The average Bonchev–Trinajstić information content (AvgIpc) is 2.78. The van der Waals surface area contributed by atoms with E-state index in [9.17, 15) is 40.3 Å². The van der Waals surface area contributed by atoms with Crippen molar-refractivity contribution in [1.29, 1.82) is 0 Å². The number of esters is 2. The smallest absolute Gasteiger partial charge is 0.459 e. The lowest BCUT2D eigenvalue weighted by Gasteiger charge is -2.28. The van der Waals surface area contributed by atoms with Crippen molar-refractivity contribution in [3.05, 3.63) is 65.7 Å². The second kappa shape index (κ2) is 11.2. The van der Waals surface area contributed by atoms with Gasteiger partial charge >= 0.3 is 30.0 Å². The van der Waals surface area contributed by atoms with Crippen LogP contribution in [0.3, 0.4) is 0 Å². The molecule has 0 unspecified atom stereocenters. The third kappa shape index (κ3) is 7.46. The molecule has 0 atom stereocenters. The first-order valence-corrected chi connectivity index (χ1v) is 9.99. The molecule has 35 heavy (non-hydrogen) atoms. The second-order valence-corrected chi connectivity index (χ2v) is 6.94. The van der Waals surface area contributed by atoms with Gasteiger partial charge in [-0.2, -0.15) is 30.7 Å². The molecule has 190 valence electrons. The number of carbonyl (C=O) groups is 2. The van der Waals surface area contributed by atoms with Crippen molar-refractivity contribution in [1.82, 2.24) is 0 Å². The monoisotopic (exact) mass is 508 g/mol. The van der Waals surface area contributed by atoms with Gasteiger partial charge in [-0.15, -0.1) is 0 Å². The Kier molecular flexibility index (Phi) is 8.88. The highest BCUT2D eigenvalue weighted by Crippen LogP contribution is 2.47. The third-order valence-electron chi connectivity index (χ3n) is 4.38. The molecule has 0 fully saturated rings. The van der Waals surface area contributed by atoms with Gasteiger partial charge in [0.25, 0.3) is 0 Å². The Hall–Kier alpha value is -3.57. The van der Waals surface area contributed by atoms with E-state index in [2.05, 4.69) is 0 Å². The molecule has 0 heterocycles. The van der Waals surface area contributed by atoms with Crippen molar-refractivity contribution in [2.24, 2.45) is 0 Å². The Morgan fingerprint density at radius 1 is 0.857 bits per heavy atom. The lowest BCUT2D eigenvalue weighted by atomic mass is 10.1. The number of benzene rings is 2. The van der Waals surface area contributed by atoms with Crippen LogP contribution in [0, 0.1) is 0 Å². The number of halogens is 7. The van der Waals surface area contributed by atoms with Gasteiger partial charge in [-0.3, -0.25) is 0 Å². The summed E-state index contributed by atoms with van der Waals surface area (Å²) in [5.74, 6) is -12.8. The predicted octanol–water partition coefficient (Wildman–Crippen LogP) is 6.08. The summed E-state index contributed by atoms with van der Waals surface area (Å²) < 4.78 is 103. The van der Waals surface area contributed by atoms with Crippen molar-refractivity contribution in [3.63, 3.8) is 0 Å². The molecular weight excluding hydrogens is 489 g/mol. The minimum Gasteiger partial charge on any atom is -0.493 e. The molecule has 5 nitrogen and oxygen atoms in total. The van der Waals surface area contributed by atoms with Crippen molar-refractivity contribution in [3.8, 4) is 11.5 Å². The quantitative estimate of drug-likeness (QED) is 0.168. The molecule has 0 aliphatic heterocycles. The predicted molar refractivity (Wildman–Crippen MR) is 110 cm³/mol. The first-order chi connectivity index (χ1) is 16.3. The van der Waals surface area contributed by atoms with Crippen LogP contribution in [0.25, 0.3) is 6.08 Å². The summed E-state index contributed by atoms with van der Waals surface area (Å²) >= 11 is 0. The molecule has 0 bridgehead atoms. The number of hydrogen-bond acceptors (Lipinski definition) is 5. The maximum Gasteiger partial charge on any atom is 0.459 e.